The van der Waals surface area contributed by atoms with Crippen molar-refractivity contribution in [3.8, 4) is 34.1 Å². The fraction of sp³-hybridized carbons (Fsp3) is 0.125. The van der Waals surface area contributed by atoms with Gasteiger partial charge in [0.15, 0.2) is 0 Å². The first-order valence-corrected chi connectivity index (χ1v) is 6.86. The topological polar surface area (TPSA) is 96.0 Å². The molecule has 0 atom stereocenters. The number of aromatic nitrogens is 4. The number of rotatable bonds is 4. The van der Waals surface area contributed by atoms with E-state index in [-0.39, 0.29) is 5.95 Å². The smallest absolute Gasteiger partial charge is 0.233 e. The van der Waals surface area contributed by atoms with E-state index in [4.69, 9.17) is 15.2 Å². The molecule has 0 aliphatic rings. The lowest BCUT2D eigenvalue weighted by Crippen LogP contribution is -2.00. The predicted molar refractivity (Wildman–Crippen MR) is 86.0 cm³/mol. The van der Waals surface area contributed by atoms with Crippen molar-refractivity contribution in [3.05, 3.63) is 42.6 Å². The Hall–Kier alpha value is -3.22. The van der Waals surface area contributed by atoms with E-state index in [1.54, 1.807) is 25.4 Å². The summed E-state index contributed by atoms with van der Waals surface area (Å²) in [4.78, 5) is 8.41. The van der Waals surface area contributed by atoms with Gasteiger partial charge in [-0.05, 0) is 18.2 Å². The number of nitrogen functional groups attached to an aromatic ring is 1. The first-order valence-electron chi connectivity index (χ1n) is 6.86. The van der Waals surface area contributed by atoms with Crippen LogP contribution < -0.4 is 15.2 Å². The number of methoxy groups -OCH3 is 2. The molecule has 0 saturated carbocycles. The Bertz CT molecular complexity index is 821. The highest BCUT2D eigenvalue weighted by Crippen LogP contribution is 2.31. The molecule has 0 aliphatic heterocycles. The van der Waals surface area contributed by atoms with E-state index in [0.717, 1.165) is 16.9 Å². The molecule has 0 unspecified atom stereocenters. The van der Waals surface area contributed by atoms with Gasteiger partial charge in [-0.25, -0.2) is 9.97 Å². The maximum Gasteiger partial charge on any atom is 0.233 e. The molecule has 0 bridgehead atoms. The second-order valence-corrected chi connectivity index (χ2v) is 4.68. The quantitative estimate of drug-likeness (QED) is 0.789. The van der Waals surface area contributed by atoms with Crippen LogP contribution >= 0.6 is 0 Å². The van der Waals surface area contributed by atoms with Crippen LogP contribution in [0.2, 0.25) is 0 Å². The van der Waals surface area contributed by atoms with E-state index in [1.807, 2.05) is 24.3 Å². The Kier molecular flexibility index (Phi) is 4.01. The molecule has 2 N–H and O–H groups in total. The van der Waals surface area contributed by atoms with Crippen LogP contribution in [0.15, 0.2) is 42.6 Å². The Morgan fingerprint density at radius 3 is 2.57 bits per heavy atom. The van der Waals surface area contributed by atoms with Crippen molar-refractivity contribution in [1.82, 2.24) is 20.2 Å². The Labute approximate surface area is 133 Å². The third-order valence-electron chi connectivity index (χ3n) is 3.28. The van der Waals surface area contributed by atoms with E-state index in [1.165, 1.54) is 7.11 Å². The van der Waals surface area contributed by atoms with E-state index in [9.17, 15) is 0 Å². The predicted octanol–water partition coefficient (Wildman–Crippen LogP) is 2.20. The first-order chi connectivity index (χ1) is 11.2. The van der Waals surface area contributed by atoms with Gasteiger partial charge in [0.2, 0.25) is 11.8 Å². The van der Waals surface area contributed by atoms with Gasteiger partial charge >= 0.3 is 0 Å². The van der Waals surface area contributed by atoms with Crippen molar-refractivity contribution in [1.29, 1.82) is 0 Å². The molecule has 3 rings (SSSR count). The third kappa shape index (κ3) is 3.03. The van der Waals surface area contributed by atoms with Crippen LogP contribution in [0.25, 0.3) is 22.5 Å². The molecule has 0 spiro atoms. The number of anilines is 1. The van der Waals surface area contributed by atoms with Crippen LogP contribution in [0.4, 0.5) is 5.95 Å². The zero-order valence-electron chi connectivity index (χ0n) is 12.7. The van der Waals surface area contributed by atoms with Crippen molar-refractivity contribution in [2.75, 3.05) is 20.0 Å². The van der Waals surface area contributed by atoms with Crippen molar-refractivity contribution in [2.24, 2.45) is 0 Å². The molecule has 23 heavy (non-hydrogen) atoms. The van der Waals surface area contributed by atoms with Gasteiger partial charge in [-0.15, -0.1) is 10.2 Å². The molecule has 0 amide bonds. The molecule has 2 aromatic heterocycles. The summed E-state index contributed by atoms with van der Waals surface area (Å²) in [5.74, 6) is 1.35. The van der Waals surface area contributed by atoms with Gasteiger partial charge in [-0.2, -0.15) is 0 Å². The van der Waals surface area contributed by atoms with Crippen LogP contribution in [-0.4, -0.2) is 34.4 Å². The number of hydrogen-bond acceptors (Lipinski definition) is 7. The van der Waals surface area contributed by atoms with E-state index in [0.29, 0.717) is 17.3 Å². The number of benzene rings is 1. The monoisotopic (exact) mass is 309 g/mol. The SMILES string of the molecule is COc1cccc(-c2nc(N)ncc2-c2ccc(OC)nn2)c1. The van der Waals surface area contributed by atoms with Gasteiger partial charge in [-0.1, -0.05) is 12.1 Å². The second kappa shape index (κ2) is 6.27. The zero-order valence-corrected chi connectivity index (χ0v) is 12.7. The standard InChI is InChI=1S/C16H15N5O2/c1-22-11-5-3-4-10(8-11)15-12(9-18-16(17)19-15)13-6-7-14(23-2)21-20-13/h3-9H,1-2H3,(H2,17,18,19). The summed E-state index contributed by atoms with van der Waals surface area (Å²) in [7, 11) is 3.15. The minimum Gasteiger partial charge on any atom is -0.497 e. The summed E-state index contributed by atoms with van der Waals surface area (Å²) >= 11 is 0. The lowest BCUT2D eigenvalue weighted by molar-refractivity contribution is 0.392. The molecule has 0 aliphatic carbocycles. The maximum atomic E-state index is 5.75. The van der Waals surface area contributed by atoms with E-state index < -0.39 is 0 Å². The molecule has 0 saturated heterocycles. The van der Waals surface area contributed by atoms with Crippen LogP contribution in [0, 0.1) is 0 Å². The first kappa shape index (κ1) is 14.7. The lowest BCUT2D eigenvalue weighted by atomic mass is 10.0. The van der Waals surface area contributed by atoms with Crippen LogP contribution in [0.1, 0.15) is 0 Å². The normalized spacial score (nSPS) is 10.3. The molecule has 7 heteroatoms. The minimum absolute atomic E-state index is 0.188. The van der Waals surface area contributed by atoms with Gasteiger partial charge < -0.3 is 15.2 Å². The van der Waals surface area contributed by atoms with E-state index >= 15 is 0 Å². The van der Waals surface area contributed by atoms with Gasteiger partial charge in [0, 0.05) is 23.4 Å². The number of nitrogens with two attached hydrogens (primary N) is 1. The molecular weight excluding hydrogens is 294 g/mol. The largest absolute Gasteiger partial charge is 0.497 e. The summed E-state index contributed by atoms with van der Waals surface area (Å²) in [6, 6.07) is 11.1. The molecule has 2 heterocycles. The van der Waals surface area contributed by atoms with Gasteiger partial charge in [0.25, 0.3) is 0 Å². The average Bonchev–Trinajstić information content (AvgIpc) is 2.62. The Morgan fingerprint density at radius 2 is 1.87 bits per heavy atom. The number of nitrogens with zero attached hydrogens (tertiary/aromatic N) is 4. The van der Waals surface area contributed by atoms with Crippen molar-refractivity contribution in [3.63, 3.8) is 0 Å². The van der Waals surface area contributed by atoms with Crippen LogP contribution in [0.3, 0.4) is 0 Å². The zero-order chi connectivity index (χ0) is 16.2. The van der Waals surface area contributed by atoms with Gasteiger partial charge in [-0.3, -0.25) is 0 Å². The van der Waals surface area contributed by atoms with Crippen molar-refractivity contribution >= 4 is 5.95 Å². The summed E-state index contributed by atoms with van der Waals surface area (Å²) in [6.45, 7) is 0. The van der Waals surface area contributed by atoms with Gasteiger partial charge in [0.05, 0.1) is 25.6 Å². The highest BCUT2D eigenvalue weighted by molar-refractivity contribution is 5.79. The third-order valence-corrected chi connectivity index (χ3v) is 3.28. The average molecular weight is 309 g/mol. The Morgan fingerprint density at radius 1 is 1.00 bits per heavy atom. The molecule has 3 aromatic rings. The maximum absolute atomic E-state index is 5.75. The summed E-state index contributed by atoms with van der Waals surface area (Å²) < 4.78 is 10.3. The molecule has 116 valence electrons. The highest BCUT2D eigenvalue weighted by Gasteiger charge is 2.13. The van der Waals surface area contributed by atoms with Gasteiger partial charge in [0.1, 0.15) is 5.75 Å². The fourth-order valence-electron chi connectivity index (χ4n) is 2.15. The van der Waals surface area contributed by atoms with Crippen molar-refractivity contribution in [2.45, 2.75) is 0 Å². The lowest BCUT2D eigenvalue weighted by Gasteiger charge is -2.10. The summed E-state index contributed by atoms with van der Waals surface area (Å²) in [6.07, 6.45) is 1.63. The molecule has 0 fully saturated rings. The highest BCUT2D eigenvalue weighted by atomic mass is 16.5. The summed E-state index contributed by atoms with van der Waals surface area (Å²) in [5.41, 5.74) is 8.62. The minimum atomic E-state index is 0.188. The molecule has 7 nitrogen and oxygen atoms in total. The Balaban J connectivity index is 2.13. The summed E-state index contributed by atoms with van der Waals surface area (Å²) in [5, 5.41) is 8.13. The number of hydrogen-bond donors (Lipinski definition) is 1. The van der Waals surface area contributed by atoms with Crippen LogP contribution in [0.5, 0.6) is 11.6 Å². The fourth-order valence-corrected chi connectivity index (χ4v) is 2.15. The molecule has 1 aromatic carbocycles. The second-order valence-electron chi connectivity index (χ2n) is 4.68. The van der Waals surface area contributed by atoms with Crippen molar-refractivity contribution < 1.29 is 9.47 Å². The van der Waals surface area contributed by atoms with E-state index in [2.05, 4.69) is 20.2 Å². The van der Waals surface area contributed by atoms with Crippen LogP contribution in [-0.2, 0) is 0 Å². The molecular formula is C16H15N5O2. The molecule has 0 radical (unpaired) electrons. The number of ether oxygens (including phenoxy) is 2.